The van der Waals surface area contributed by atoms with Gasteiger partial charge in [0.25, 0.3) is 11.6 Å². The van der Waals surface area contributed by atoms with Crippen molar-refractivity contribution < 1.29 is 31.9 Å². The number of rotatable bonds is 8. The van der Waals surface area contributed by atoms with Crippen molar-refractivity contribution in [3.05, 3.63) is 71.5 Å². The molecule has 1 amide bonds. The van der Waals surface area contributed by atoms with E-state index in [1.54, 1.807) is 11.4 Å². The first-order valence-corrected chi connectivity index (χ1v) is 8.81. The van der Waals surface area contributed by atoms with Gasteiger partial charge in [-0.2, -0.15) is 13.2 Å². The Morgan fingerprint density at radius 3 is 2.21 bits per heavy atom. The van der Waals surface area contributed by atoms with E-state index in [1.807, 2.05) is 5.32 Å². The average molecular weight is 412 g/mol. The van der Waals surface area contributed by atoms with Crippen molar-refractivity contribution in [2.75, 3.05) is 13.2 Å². The Morgan fingerprint density at radius 1 is 1.00 bits per heavy atom. The maximum absolute atomic E-state index is 14.0. The van der Waals surface area contributed by atoms with Crippen LogP contribution in [-0.4, -0.2) is 36.9 Å². The van der Waals surface area contributed by atoms with Crippen LogP contribution in [0.2, 0.25) is 0 Å². The third-order valence-electron chi connectivity index (χ3n) is 4.09. The molecule has 1 atom stereocenters. The van der Waals surface area contributed by atoms with E-state index in [0.717, 1.165) is 0 Å². The number of benzene rings is 2. The van der Waals surface area contributed by atoms with Crippen molar-refractivity contribution in [3.63, 3.8) is 0 Å². The molecule has 5 nitrogen and oxygen atoms in total. The molecule has 0 saturated heterocycles. The van der Waals surface area contributed by atoms with Gasteiger partial charge < -0.3 is 10.1 Å². The summed E-state index contributed by atoms with van der Waals surface area (Å²) >= 11 is 0. The lowest BCUT2D eigenvalue weighted by molar-refractivity contribution is -0.218. The average Bonchev–Trinajstić information content (AvgIpc) is 2.68. The molecule has 2 aromatic carbocycles. The van der Waals surface area contributed by atoms with E-state index < -0.39 is 36.1 Å². The van der Waals surface area contributed by atoms with Gasteiger partial charge in [0.2, 0.25) is 0 Å². The Hall–Kier alpha value is -2.94. The van der Waals surface area contributed by atoms with E-state index in [4.69, 9.17) is 0 Å². The van der Waals surface area contributed by atoms with Crippen LogP contribution in [0, 0.1) is 5.82 Å². The largest absolute Gasteiger partial charge is 0.463 e. The molecule has 0 fully saturated rings. The molecule has 29 heavy (non-hydrogen) atoms. The zero-order valence-electron chi connectivity index (χ0n) is 15.6. The number of nitrogens with one attached hydrogen (secondary N) is 2. The monoisotopic (exact) mass is 412 g/mol. The standard InChI is InChI=1S/C20H20F4N2O3/c1-2-29-18(28)19(20(22,23)24,26-17(27)15-9-4-3-5-10-15)25-13-12-14-8-6-7-11-16(14)21/h3-11,25H,2,12-13H2,1H3,(H,26,27)/t19-/m0/s1. The lowest BCUT2D eigenvalue weighted by Gasteiger charge is -2.34. The molecule has 9 heteroatoms. The van der Waals surface area contributed by atoms with Crippen LogP contribution in [0.1, 0.15) is 22.8 Å². The highest BCUT2D eigenvalue weighted by atomic mass is 19.4. The van der Waals surface area contributed by atoms with Crippen LogP contribution in [0.4, 0.5) is 17.6 Å². The van der Waals surface area contributed by atoms with Gasteiger partial charge in [-0.1, -0.05) is 36.4 Å². The van der Waals surface area contributed by atoms with Gasteiger partial charge in [0.15, 0.2) is 0 Å². The van der Waals surface area contributed by atoms with Crippen LogP contribution in [0.3, 0.4) is 0 Å². The Kier molecular flexibility index (Phi) is 7.33. The lowest BCUT2D eigenvalue weighted by atomic mass is 10.1. The molecule has 0 heterocycles. The molecule has 0 aliphatic carbocycles. The third-order valence-corrected chi connectivity index (χ3v) is 4.09. The Morgan fingerprint density at radius 2 is 1.62 bits per heavy atom. The van der Waals surface area contributed by atoms with Gasteiger partial charge in [0.05, 0.1) is 6.61 Å². The van der Waals surface area contributed by atoms with Crippen LogP contribution < -0.4 is 10.6 Å². The molecular formula is C20H20F4N2O3. The fraction of sp³-hybridized carbons (Fsp3) is 0.300. The van der Waals surface area contributed by atoms with Crippen molar-refractivity contribution in [1.82, 2.24) is 10.6 Å². The minimum Gasteiger partial charge on any atom is -0.463 e. The summed E-state index contributed by atoms with van der Waals surface area (Å²) in [5, 5.41) is 3.76. The van der Waals surface area contributed by atoms with Crippen molar-refractivity contribution in [2.45, 2.75) is 25.2 Å². The van der Waals surface area contributed by atoms with Gasteiger partial charge >= 0.3 is 12.1 Å². The van der Waals surface area contributed by atoms with Gasteiger partial charge in [-0.25, -0.2) is 9.18 Å². The van der Waals surface area contributed by atoms with Crippen LogP contribution in [-0.2, 0) is 16.0 Å². The molecule has 0 spiro atoms. The Labute approximate surface area is 165 Å². The van der Waals surface area contributed by atoms with E-state index in [0.29, 0.717) is 0 Å². The predicted molar refractivity (Wildman–Crippen MR) is 97.4 cm³/mol. The molecule has 156 valence electrons. The molecule has 2 N–H and O–H groups in total. The number of carbonyl (C=O) groups is 2. The number of ether oxygens (including phenoxy) is 1. The summed E-state index contributed by atoms with van der Waals surface area (Å²) in [5.74, 6) is -3.41. The minimum absolute atomic E-state index is 0.0682. The maximum atomic E-state index is 14.0. The van der Waals surface area contributed by atoms with E-state index >= 15 is 0 Å². The Bertz CT molecular complexity index is 843. The first-order chi connectivity index (χ1) is 13.7. The molecule has 0 unspecified atom stereocenters. The second-order valence-corrected chi connectivity index (χ2v) is 6.06. The zero-order chi connectivity index (χ0) is 21.5. The highest BCUT2D eigenvalue weighted by Gasteiger charge is 2.63. The SMILES string of the molecule is CCOC(=O)[C@](NCCc1ccccc1F)(NC(=O)c1ccccc1)C(F)(F)F. The number of hydrogen-bond donors (Lipinski definition) is 2. The number of amides is 1. The molecule has 2 aromatic rings. The summed E-state index contributed by atoms with van der Waals surface area (Å²) in [6.07, 6.45) is -5.37. The van der Waals surface area contributed by atoms with E-state index in [2.05, 4.69) is 4.74 Å². The molecule has 0 aliphatic rings. The fourth-order valence-corrected chi connectivity index (χ4v) is 2.61. The summed E-state index contributed by atoms with van der Waals surface area (Å²) in [6.45, 7) is 0.568. The van der Waals surface area contributed by atoms with Crippen molar-refractivity contribution >= 4 is 11.9 Å². The summed E-state index contributed by atoms with van der Waals surface area (Å²) in [4.78, 5) is 24.7. The lowest BCUT2D eigenvalue weighted by Crippen LogP contribution is -2.73. The van der Waals surface area contributed by atoms with Gasteiger partial charge in [-0.05, 0) is 37.1 Å². The molecule has 0 aromatic heterocycles. The molecular weight excluding hydrogens is 392 g/mol. The fourth-order valence-electron chi connectivity index (χ4n) is 2.61. The van der Waals surface area contributed by atoms with Gasteiger partial charge in [-0.15, -0.1) is 0 Å². The smallest absolute Gasteiger partial charge is 0.436 e. The highest BCUT2D eigenvalue weighted by Crippen LogP contribution is 2.30. The zero-order valence-corrected chi connectivity index (χ0v) is 15.6. The summed E-state index contributed by atoms with van der Waals surface area (Å²) in [6, 6.07) is 12.7. The predicted octanol–water partition coefficient (Wildman–Crippen LogP) is 3.21. The van der Waals surface area contributed by atoms with Crippen molar-refractivity contribution in [1.29, 1.82) is 0 Å². The summed E-state index contributed by atoms with van der Waals surface area (Å²) in [5.41, 5.74) is -3.39. The maximum Gasteiger partial charge on any atom is 0.436 e. The van der Waals surface area contributed by atoms with Crippen LogP contribution in [0.25, 0.3) is 0 Å². The number of esters is 1. The van der Waals surface area contributed by atoms with Crippen LogP contribution in [0.15, 0.2) is 54.6 Å². The number of carbonyl (C=O) groups excluding carboxylic acids is 2. The van der Waals surface area contributed by atoms with E-state index in [9.17, 15) is 27.2 Å². The quantitative estimate of drug-likeness (QED) is 0.397. The molecule has 0 bridgehead atoms. The Balaban J connectivity index is 2.31. The normalized spacial score (nSPS) is 13.4. The first-order valence-electron chi connectivity index (χ1n) is 8.81. The highest BCUT2D eigenvalue weighted by molar-refractivity contribution is 5.98. The van der Waals surface area contributed by atoms with Gasteiger partial charge in [0.1, 0.15) is 5.82 Å². The van der Waals surface area contributed by atoms with Crippen LogP contribution >= 0.6 is 0 Å². The van der Waals surface area contributed by atoms with E-state index in [-0.39, 0.29) is 24.2 Å². The van der Waals surface area contributed by atoms with Gasteiger partial charge in [0, 0.05) is 12.1 Å². The number of halogens is 4. The number of hydrogen-bond acceptors (Lipinski definition) is 4. The summed E-state index contributed by atoms with van der Waals surface area (Å²) < 4.78 is 60.3. The molecule has 0 saturated carbocycles. The van der Waals surface area contributed by atoms with Gasteiger partial charge in [-0.3, -0.25) is 10.1 Å². The molecule has 2 rings (SSSR count). The van der Waals surface area contributed by atoms with Crippen molar-refractivity contribution in [2.24, 2.45) is 0 Å². The minimum atomic E-state index is -5.22. The second-order valence-electron chi connectivity index (χ2n) is 6.06. The van der Waals surface area contributed by atoms with Crippen molar-refractivity contribution in [3.8, 4) is 0 Å². The number of alkyl halides is 3. The van der Waals surface area contributed by atoms with Crippen LogP contribution in [0.5, 0.6) is 0 Å². The van der Waals surface area contributed by atoms with E-state index in [1.165, 1.54) is 55.5 Å². The first kappa shape index (κ1) is 22.4. The molecule has 0 aliphatic heterocycles. The summed E-state index contributed by atoms with van der Waals surface area (Å²) in [7, 11) is 0. The third kappa shape index (κ3) is 5.32. The second kappa shape index (κ2) is 9.51. The molecule has 0 radical (unpaired) electrons. The topological polar surface area (TPSA) is 67.4 Å².